The van der Waals surface area contributed by atoms with E-state index in [1.807, 2.05) is 0 Å². The normalized spacial score (nSPS) is 11.8. The van der Waals surface area contributed by atoms with E-state index in [0.717, 1.165) is 19.3 Å². The van der Waals surface area contributed by atoms with Crippen molar-refractivity contribution in [1.82, 2.24) is 0 Å². The summed E-state index contributed by atoms with van der Waals surface area (Å²) in [4.78, 5) is 21.3. The minimum Gasteiger partial charge on any atom is -0.481 e. The van der Waals surface area contributed by atoms with Gasteiger partial charge in [-0.2, -0.15) is 0 Å². The third-order valence-corrected chi connectivity index (χ3v) is 4.72. The Morgan fingerprint density at radius 2 is 1.20 bits per heavy atom. The zero-order valence-corrected chi connectivity index (χ0v) is 14.1. The Labute approximate surface area is 147 Å². The Morgan fingerprint density at radius 1 is 0.760 bits per heavy atom. The van der Waals surface area contributed by atoms with Crippen molar-refractivity contribution in [2.24, 2.45) is 0 Å². The molecule has 2 aromatic rings. The van der Waals surface area contributed by atoms with Crippen LogP contribution in [-0.4, -0.2) is 22.2 Å². The standard InChI is InChI=1S/C21H22O4/c22-20(23)5-1-3-14-7-9-18-16(11-14)13-17-12-15(8-10-19(17)18)4-2-6-21(24)25/h7-12H,1-6,13H2,(H,22,23)(H,24,25). The fourth-order valence-electron chi connectivity index (χ4n) is 3.52. The Kier molecular flexibility index (Phi) is 5.17. The van der Waals surface area contributed by atoms with Gasteiger partial charge >= 0.3 is 11.9 Å². The van der Waals surface area contributed by atoms with E-state index in [-0.39, 0.29) is 12.8 Å². The van der Waals surface area contributed by atoms with E-state index >= 15 is 0 Å². The van der Waals surface area contributed by atoms with E-state index < -0.39 is 11.9 Å². The average molecular weight is 338 g/mol. The number of hydrogen-bond donors (Lipinski definition) is 2. The van der Waals surface area contributed by atoms with Gasteiger partial charge < -0.3 is 10.2 Å². The fraction of sp³-hybridized carbons (Fsp3) is 0.333. The van der Waals surface area contributed by atoms with Crippen molar-refractivity contribution < 1.29 is 19.8 Å². The van der Waals surface area contributed by atoms with Gasteiger partial charge in [-0.1, -0.05) is 36.4 Å². The number of benzene rings is 2. The van der Waals surface area contributed by atoms with Crippen LogP contribution in [0, 0.1) is 0 Å². The number of carboxylic acids is 2. The molecule has 0 heterocycles. The van der Waals surface area contributed by atoms with Crippen LogP contribution in [0.15, 0.2) is 36.4 Å². The maximum Gasteiger partial charge on any atom is 0.303 e. The Hall–Kier alpha value is -2.62. The molecule has 0 spiro atoms. The highest BCUT2D eigenvalue weighted by molar-refractivity contribution is 5.77. The molecule has 130 valence electrons. The predicted octanol–water partition coefficient (Wildman–Crippen LogP) is 4.07. The van der Waals surface area contributed by atoms with Gasteiger partial charge in [-0.3, -0.25) is 9.59 Å². The second kappa shape index (κ2) is 7.51. The van der Waals surface area contributed by atoms with Gasteiger partial charge in [-0.05, 0) is 65.5 Å². The maximum atomic E-state index is 10.6. The first-order valence-corrected chi connectivity index (χ1v) is 8.70. The van der Waals surface area contributed by atoms with Crippen LogP contribution in [0.25, 0.3) is 11.1 Å². The number of hydrogen-bond acceptors (Lipinski definition) is 2. The van der Waals surface area contributed by atoms with Crippen LogP contribution in [0.5, 0.6) is 0 Å². The molecule has 0 bridgehead atoms. The molecule has 0 atom stereocenters. The van der Waals surface area contributed by atoms with Crippen LogP contribution >= 0.6 is 0 Å². The summed E-state index contributed by atoms with van der Waals surface area (Å²) in [6.07, 6.45) is 4.20. The lowest BCUT2D eigenvalue weighted by atomic mass is 9.99. The molecule has 3 rings (SSSR count). The minimum atomic E-state index is -0.746. The van der Waals surface area contributed by atoms with Crippen molar-refractivity contribution in [2.75, 3.05) is 0 Å². The highest BCUT2D eigenvalue weighted by atomic mass is 16.4. The van der Waals surface area contributed by atoms with E-state index in [4.69, 9.17) is 10.2 Å². The molecule has 0 aliphatic heterocycles. The summed E-state index contributed by atoms with van der Waals surface area (Å²) in [6, 6.07) is 12.9. The summed E-state index contributed by atoms with van der Waals surface area (Å²) in [6.45, 7) is 0. The Morgan fingerprint density at radius 3 is 1.60 bits per heavy atom. The average Bonchev–Trinajstić information content (AvgIpc) is 2.91. The molecule has 0 fully saturated rings. The first-order chi connectivity index (χ1) is 12.0. The monoisotopic (exact) mass is 338 g/mol. The van der Waals surface area contributed by atoms with Crippen molar-refractivity contribution in [1.29, 1.82) is 0 Å². The van der Waals surface area contributed by atoms with E-state index in [1.165, 1.54) is 33.4 Å². The van der Waals surface area contributed by atoms with Gasteiger partial charge in [0.25, 0.3) is 0 Å². The molecule has 1 aliphatic rings. The predicted molar refractivity (Wildman–Crippen MR) is 95.8 cm³/mol. The summed E-state index contributed by atoms with van der Waals surface area (Å²) in [5.41, 5.74) is 7.49. The zero-order valence-electron chi connectivity index (χ0n) is 14.1. The van der Waals surface area contributed by atoms with Gasteiger partial charge in [0.15, 0.2) is 0 Å². The van der Waals surface area contributed by atoms with Crippen molar-refractivity contribution in [3.05, 3.63) is 58.7 Å². The zero-order chi connectivity index (χ0) is 17.8. The number of fused-ring (bicyclic) bond motifs is 3. The van der Waals surface area contributed by atoms with Crippen LogP contribution in [0.1, 0.15) is 47.9 Å². The number of carboxylic acid groups (broad SMARTS) is 2. The van der Waals surface area contributed by atoms with Crippen LogP contribution in [0.2, 0.25) is 0 Å². The van der Waals surface area contributed by atoms with Gasteiger partial charge in [0.1, 0.15) is 0 Å². The third-order valence-electron chi connectivity index (χ3n) is 4.72. The van der Waals surface area contributed by atoms with Crippen molar-refractivity contribution >= 4 is 11.9 Å². The summed E-state index contributed by atoms with van der Waals surface area (Å²) in [5, 5.41) is 17.5. The quantitative estimate of drug-likeness (QED) is 0.649. The van der Waals surface area contributed by atoms with Crippen LogP contribution in [0.4, 0.5) is 0 Å². The molecule has 0 saturated carbocycles. The molecule has 2 N–H and O–H groups in total. The molecule has 0 radical (unpaired) electrons. The maximum absolute atomic E-state index is 10.6. The number of aryl methyl sites for hydroxylation is 2. The summed E-state index contributed by atoms with van der Waals surface area (Å²) in [7, 11) is 0. The molecular formula is C21H22O4. The third kappa shape index (κ3) is 4.27. The van der Waals surface area contributed by atoms with Crippen molar-refractivity contribution in [2.45, 2.75) is 44.9 Å². The first kappa shape index (κ1) is 17.2. The summed E-state index contributed by atoms with van der Waals surface area (Å²) < 4.78 is 0. The van der Waals surface area contributed by atoms with Crippen LogP contribution in [-0.2, 0) is 28.9 Å². The van der Waals surface area contributed by atoms with Crippen LogP contribution < -0.4 is 0 Å². The molecular weight excluding hydrogens is 316 g/mol. The number of aliphatic carboxylic acids is 2. The smallest absolute Gasteiger partial charge is 0.303 e. The van der Waals surface area contributed by atoms with Gasteiger partial charge in [-0.15, -0.1) is 0 Å². The van der Waals surface area contributed by atoms with E-state index in [9.17, 15) is 9.59 Å². The highest BCUT2D eigenvalue weighted by Crippen LogP contribution is 2.37. The lowest BCUT2D eigenvalue weighted by Gasteiger charge is -2.06. The molecule has 0 amide bonds. The van der Waals surface area contributed by atoms with Crippen LogP contribution in [0.3, 0.4) is 0 Å². The molecule has 0 unspecified atom stereocenters. The molecule has 2 aromatic carbocycles. The van der Waals surface area contributed by atoms with Gasteiger partial charge in [0.2, 0.25) is 0 Å². The Bertz CT molecular complexity index is 740. The van der Waals surface area contributed by atoms with E-state index in [0.29, 0.717) is 12.8 Å². The lowest BCUT2D eigenvalue weighted by Crippen LogP contribution is -1.96. The van der Waals surface area contributed by atoms with Gasteiger partial charge in [0, 0.05) is 12.8 Å². The second-order valence-electron chi connectivity index (χ2n) is 6.65. The summed E-state index contributed by atoms with van der Waals surface area (Å²) in [5.74, 6) is -1.49. The molecule has 0 aromatic heterocycles. The molecule has 25 heavy (non-hydrogen) atoms. The SMILES string of the molecule is O=C(O)CCCc1ccc2c(c1)Cc1cc(CCCC(=O)O)ccc1-2. The topological polar surface area (TPSA) is 74.6 Å². The molecule has 0 saturated heterocycles. The second-order valence-corrected chi connectivity index (χ2v) is 6.65. The number of rotatable bonds is 8. The molecule has 1 aliphatic carbocycles. The van der Waals surface area contributed by atoms with Crippen molar-refractivity contribution in [3.63, 3.8) is 0 Å². The van der Waals surface area contributed by atoms with E-state index in [2.05, 4.69) is 36.4 Å². The summed E-state index contributed by atoms with van der Waals surface area (Å²) >= 11 is 0. The van der Waals surface area contributed by atoms with Crippen molar-refractivity contribution in [3.8, 4) is 11.1 Å². The van der Waals surface area contributed by atoms with Gasteiger partial charge in [-0.25, -0.2) is 0 Å². The minimum absolute atomic E-state index is 0.205. The largest absolute Gasteiger partial charge is 0.481 e. The lowest BCUT2D eigenvalue weighted by molar-refractivity contribution is -0.138. The number of carbonyl (C=O) groups is 2. The Balaban J connectivity index is 1.68. The molecule has 4 heteroatoms. The van der Waals surface area contributed by atoms with Gasteiger partial charge in [0.05, 0.1) is 0 Å². The highest BCUT2D eigenvalue weighted by Gasteiger charge is 2.19. The fourth-order valence-corrected chi connectivity index (χ4v) is 3.52. The first-order valence-electron chi connectivity index (χ1n) is 8.70. The van der Waals surface area contributed by atoms with E-state index in [1.54, 1.807) is 0 Å². The molecule has 4 nitrogen and oxygen atoms in total.